The zero-order valence-corrected chi connectivity index (χ0v) is 47.6. The standard InChI is InChI=1S/C19H25ClN4O2.C17H23ClN2O2S.C2H6N2O.C2H3N.2C2H4O2.Hg/c1-13-21-22-17(24(13)12-14-7-9-15(20)10-8-14)16-6-5-11-23(16)18(25)26-19(2,3)4;1-17(2,3)22-16(21)20-10-4-5-14(20)15(23)19-11-12-6-8-13(18)9-7-12;1-2(5)4-3;1-2-3;2*1-2(3)4;/h7-10,16H,5-6,11-12H2,1-4H3;6-9,14H,4-5,10-11H2,1-3H3,(H,19,23);3H2,1H3,(H,4,5);1H3;2*1H3,(H,3,4);/q;;;;;;+2/p-2/t16-;14-;;;;;/m11...../s1. The Hall–Kier alpha value is -4.61. The van der Waals surface area contributed by atoms with Gasteiger partial charge in [-0.25, -0.2) is 15.4 Å². The second-order valence-electron chi connectivity index (χ2n) is 16.6. The quantitative estimate of drug-likeness (QED) is 0.0636. The van der Waals surface area contributed by atoms with Crippen LogP contribution < -0.4 is 16.6 Å². The van der Waals surface area contributed by atoms with Gasteiger partial charge in [-0.05, 0) is 110 Å². The van der Waals surface area contributed by atoms with Gasteiger partial charge < -0.3 is 19.4 Å². The number of aromatic nitrogens is 3. The number of nitriles is 1. The van der Waals surface area contributed by atoms with Gasteiger partial charge in [-0.3, -0.25) is 20.0 Å². The van der Waals surface area contributed by atoms with E-state index in [0.29, 0.717) is 41.2 Å². The Bertz CT molecular complexity index is 2060. The number of amides is 3. The fourth-order valence-corrected chi connectivity index (χ4v) is 7.96. The van der Waals surface area contributed by atoms with E-state index in [9.17, 15) is 24.0 Å². The number of rotatable bonds is 8. The van der Waals surface area contributed by atoms with E-state index in [-0.39, 0.29) is 42.1 Å². The van der Waals surface area contributed by atoms with E-state index < -0.39 is 36.7 Å². The summed E-state index contributed by atoms with van der Waals surface area (Å²) < 4.78 is 22.1. The van der Waals surface area contributed by atoms with Gasteiger partial charge >= 0.3 is 78.3 Å². The molecule has 2 saturated heterocycles. The predicted octanol–water partition coefficient (Wildman–Crippen LogP) is 8.07. The molecule has 66 heavy (non-hydrogen) atoms. The van der Waals surface area contributed by atoms with Gasteiger partial charge in [0.25, 0.3) is 0 Å². The van der Waals surface area contributed by atoms with Gasteiger partial charge in [-0.1, -0.05) is 59.7 Å². The molecule has 4 N–H and O–H groups in total. The van der Waals surface area contributed by atoms with Crippen molar-refractivity contribution >= 4 is 70.4 Å². The fourth-order valence-electron chi connectivity index (χ4n) is 5.87. The molecule has 2 aliphatic rings. The number of carbonyl (C=O) groups excluding carboxylic acids is 5. The van der Waals surface area contributed by atoms with Crippen molar-refractivity contribution in [3.05, 3.63) is 81.4 Å². The first kappa shape index (κ1) is 59.4. The minimum Gasteiger partial charge on any atom is -0.444 e. The Balaban J connectivity index is 0.000000494. The van der Waals surface area contributed by atoms with Crippen LogP contribution in [0.2, 0.25) is 10.0 Å². The molecule has 0 aliphatic carbocycles. The number of aryl methyl sites for hydroxylation is 1. The number of hydrogen-bond donors (Lipinski definition) is 3. The summed E-state index contributed by atoms with van der Waals surface area (Å²) in [6.45, 7) is 21.2. The van der Waals surface area contributed by atoms with Gasteiger partial charge in [0, 0.05) is 43.5 Å². The summed E-state index contributed by atoms with van der Waals surface area (Å²) in [5.41, 5.74) is 3.08. The minimum atomic E-state index is -2.04. The van der Waals surface area contributed by atoms with E-state index in [1.54, 1.807) is 15.9 Å². The summed E-state index contributed by atoms with van der Waals surface area (Å²) >= 11 is 15.3. The van der Waals surface area contributed by atoms with Gasteiger partial charge in [0.15, 0.2) is 5.82 Å². The molecule has 3 amide bonds. The molecule has 2 fully saturated rings. The number of likely N-dealkylation sites (tertiary alicyclic amines) is 2. The summed E-state index contributed by atoms with van der Waals surface area (Å²) in [5.74, 6) is 5.26. The van der Waals surface area contributed by atoms with Crippen LogP contribution in [0.5, 0.6) is 0 Å². The smallest absolute Gasteiger partial charge is 0.410 e. The largest absolute Gasteiger partial charge is 0.444 e. The fraction of sp³-hybridized carbons (Fsp3) is 0.523. The van der Waals surface area contributed by atoms with Crippen molar-refractivity contribution in [2.24, 2.45) is 5.84 Å². The van der Waals surface area contributed by atoms with Crippen molar-refractivity contribution in [3.8, 4) is 6.07 Å². The Morgan fingerprint density at radius 1 is 0.818 bits per heavy atom. The van der Waals surface area contributed by atoms with E-state index >= 15 is 0 Å². The second kappa shape index (κ2) is 29.9. The second-order valence-corrected chi connectivity index (χ2v) is 21.1. The van der Waals surface area contributed by atoms with E-state index in [4.69, 9.17) is 50.2 Å². The van der Waals surface area contributed by atoms with Crippen molar-refractivity contribution in [3.63, 3.8) is 0 Å². The molecule has 3 heterocycles. The zero-order chi connectivity index (χ0) is 50.2. The third-order valence-corrected chi connectivity index (χ3v) is 13.7. The van der Waals surface area contributed by atoms with Gasteiger partial charge in [-0.15, -0.1) is 10.2 Å². The number of ether oxygens (including phenoxy) is 2. The van der Waals surface area contributed by atoms with Gasteiger partial charge in [0.2, 0.25) is 5.91 Å². The van der Waals surface area contributed by atoms with Crippen LogP contribution in [0.4, 0.5) is 9.59 Å². The summed E-state index contributed by atoms with van der Waals surface area (Å²) in [6, 6.07) is 16.9. The Labute approximate surface area is 417 Å². The molecule has 5 rings (SSSR count). The van der Waals surface area contributed by atoms with Crippen molar-refractivity contribution in [1.82, 2.24) is 35.3 Å². The maximum absolute atomic E-state index is 12.6. The molecule has 0 saturated carbocycles. The molecular weight excluding hydrogens is 1100 g/mol. The van der Waals surface area contributed by atoms with Gasteiger partial charge in [0.1, 0.15) is 17.0 Å². The molecule has 360 valence electrons. The van der Waals surface area contributed by atoms with Crippen LogP contribution in [-0.4, -0.2) is 89.9 Å². The number of hydrazine groups is 1. The van der Waals surface area contributed by atoms with Crippen LogP contribution >= 0.6 is 35.4 Å². The normalized spacial score (nSPS) is 14.8. The molecule has 3 aromatic rings. The van der Waals surface area contributed by atoms with Gasteiger partial charge in [0.05, 0.1) is 29.7 Å². The summed E-state index contributed by atoms with van der Waals surface area (Å²) in [7, 11) is 0. The predicted molar refractivity (Wildman–Crippen MR) is 250 cm³/mol. The Morgan fingerprint density at radius 3 is 1.71 bits per heavy atom. The first-order valence-electron chi connectivity index (χ1n) is 21.0. The van der Waals surface area contributed by atoms with Crippen LogP contribution in [-0.2, 0) is 67.7 Å². The molecular formula is C44H63Cl2HgN9O9S. The monoisotopic (exact) mass is 1170 g/mol. The number of carbonyl (C=O) groups is 5. The van der Waals surface area contributed by atoms with Crippen molar-refractivity contribution in [2.45, 2.75) is 138 Å². The summed E-state index contributed by atoms with van der Waals surface area (Å²) in [6.07, 6.45) is 3.00. The van der Waals surface area contributed by atoms with E-state index in [1.807, 2.05) is 102 Å². The molecule has 1 aromatic heterocycles. The molecule has 22 heteroatoms. The first-order valence-corrected chi connectivity index (χ1v) is 26.7. The van der Waals surface area contributed by atoms with Crippen molar-refractivity contribution in [2.75, 3.05) is 13.1 Å². The number of nitrogens with zero attached hydrogens (tertiary/aromatic N) is 6. The van der Waals surface area contributed by atoms with Crippen LogP contribution in [0.25, 0.3) is 0 Å². The molecule has 2 atom stereocenters. The maximum atomic E-state index is 12.6. The van der Waals surface area contributed by atoms with Crippen molar-refractivity contribution < 1.29 is 64.2 Å². The topological polar surface area (TPSA) is 233 Å². The number of benzene rings is 2. The van der Waals surface area contributed by atoms with Crippen LogP contribution in [0.3, 0.4) is 0 Å². The summed E-state index contributed by atoms with van der Waals surface area (Å²) in [4.78, 5) is 58.8. The third kappa shape index (κ3) is 24.2. The number of thiocarbonyl (C=S) groups is 1. The van der Waals surface area contributed by atoms with Crippen LogP contribution in [0, 0.1) is 18.3 Å². The number of hydrogen-bond acceptors (Lipinski definition) is 14. The van der Waals surface area contributed by atoms with Crippen LogP contribution in [0.15, 0.2) is 48.5 Å². The third-order valence-electron chi connectivity index (χ3n) is 8.69. The molecule has 2 aliphatic heterocycles. The Kier molecular flexibility index (Phi) is 26.9. The van der Waals surface area contributed by atoms with E-state index in [0.717, 1.165) is 48.5 Å². The molecule has 0 spiro atoms. The first-order chi connectivity index (χ1) is 30.8. The number of nitrogens with two attached hydrogens (primary N) is 1. The van der Waals surface area contributed by atoms with Crippen molar-refractivity contribution in [1.29, 1.82) is 5.26 Å². The van der Waals surface area contributed by atoms with Crippen LogP contribution in [0.1, 0.15) is 124 Å². The number of nitrogens with one attached hydrogen (secondary N) is 2. The van der Waals surface area contributed by atoms with E-state index in [2.05, 4.69) is 31.2 Å². The Morgan fingerprint density at radius 2 is 1.26 bits per heavy atom. The number of halogens is 2. The SMILES string of the molecule is CC#N.CC(=O)NN.CC(=O)[O][Hg][O]C(C)=O.CC(C)(C)OC(=O)N1CCC[C@@H]1C(=S)NCc1ccc(Cl)cc1.Cc1nnc([C@H]2CCCN2C(=O)OC(C)(C)C)n1Cc1ccc(Cl)cc1. The summed E-state index contributed by atoms with van der Waals surface area (Å²) in [5, 5.41) is 20.6. The maximum Gasteiger partial charge on any atom is 0.410 e. The molecule has 18 nitrogen and oxygen atoms in total. The average molecular weight is 1170 g/mol. The van der Waals surface area contributed by atoms with E-state index in [1.165, 1.54) is 27.7 Å². The molecule has 0 bridgehead atoms. The molecule has 2 aromatic carbocycles. The zero-order valence-electron chi connectivity index (χ0n) is 39.7. The molecule has 0 radical (unpaired) electrons. The molecule has 0 unspecified atom stereocenters. The average Bonchev–Trinajstić information content (AvgIpc) is 3.99. The minimum absolute atomic E-state index is 0.0906. The van der Waals surface area contributed by atoms with Gasteiger partial charge in [-0.2, -0.15) is 5.26 Å².